The highest BCUT2D eigenvalue weighted by Gasteiger charge is 2.55. The fourth-order valence-electron chi connectivity index (χ4n) is 4.42. The summed E-state index contributed by atoms with van der Waals surface area (Å²) in [7, 11) is 0. The molecule has 2 aromatic rings. The summed E-state index contributed by atoms with van der Waals surface area (Å²) in [6.45, 7) is 1.51. The lowest BCUT2D eigenvalue weighted by Crippen LogP contribution is -2.54. The third-order valence-electron chi connectivity index (χ3n) is 5.58. The number of hydrogen-bond acceptors (Lipinski definition) is 4. The molecular formula is C22H21NO4. The Morgan fingerprint density at radius 2 is 1.78 bits per heavy atom. The van der Waals surface area contributed by atoms with Crippen molar-refractivity contribution in [3.63, 3.8) is 0 Å². The van der Waals surface area contributed by atoms with Crippen LogP contribution in [0.25, 0.3) is 0 Å². The average molecular weight is 363 g/mol. The highest BCUT2D eigenvalue weighted by Crippen LogP contribution is 2.49. The van der Waals surface area contributed by atoms with Crippen LogP contribution in [-0.4, -0.2) is 30.3 Å². The normalized spacial score (nSPS) is 23.5. The number of ether oxygens (including phenoxy) is 1. The summed E-state index contributed by atoms with van der Waals surface area (Å²) < 4.78 is 5.35. The molecule has 27 heavy (non-hydrogen) atoms. The van der Waals surface area contributed by atoms with Crippen LogP contribution in [0, 0.1) is 5.41 Å². The summed E-state index contributed by atoms with van der Waals surface area (Å²) in [6, 6.07) is 16.5. The molecule has 4 rings (SSSR count). The van der Waals surface area contributed by atoms with Crippen LogP contribution >= 0.6 is 0 Å². The number of hydrogen-bond donors (Lipinski definition) is 0. The Morgan fingerprint density at radius 1 is 1.07 bits per heavy atom. The number of rotatable bonds is 3. The largest absolute Gasteiger partial charge is 0.465 e. The van der Waals surface area contributed by atoms with E-state index in [1.165, 1.54) is 6.92 Å². The lowest BCUT2D eigenvalue weighted by Gasteiger charge is -2.46. The third kappa shape index (κ3) is 3.03. The number of amides is 1. The van der Waals surface area contributed by atoms with Gasteiger partial charge in [0.1, 0.15) is 5.78 Å². The monoisotopic (exact) mass is 363 g/mol. The predicted octanol–water partition coefficient (Wildman–Crippen LogP) is 3.17. The molecule has 1 aliphatic carbocycles. The van der Waals surface area contributed by atoms with Crippen LogP contribution in [0.5, 0.6) is 0 Å². The van der Waals surface area contributed by atoms with Crippen molar-refractivity contribution in [2.24, 2.45) is 5.41 Å². The first-order valence-corrected chi connectivity index (χ1v) is 9.12. The molecule has 1 aliphatic heterocycles. The Bertz CT molecular complexity index is 908. The van der Waals surface area contributed by atoms with Gasteiger partial charge in [0.05, 0.1) is 12.6 Å². The van der Waals surface area contributed by atoms with Crippen molar-refractivity contribution >= 4 is 23.3 Å². The lowest BCUT2D eigenvalue weighted by molar-refractivity contribution is -0.145. The fraction of sp³-hybridized carbons (Fsp3) is 0.318. The van der Waals surface area contributed by atoms with Crippen molar-refractivity contribution in [1.82, 2.24) is 0 Å². The van der Waals surface area contributed by atoms with E-state index in [0.717, 1.165) is 11.3 Å². The molecule has 1 saturated carbocycles. The summed E-state index contributed by atoms with van der Waals surface area (Å²) in [5.41, 5.74) is 1.85. The third-order valence-corrected chi connectivity index (χ3v) is 5.58. The van der Waals surface area contributed by atoms with Gasteiger partial charge in [0.15, 0.2) is 0 Å². The Kier molecular flexibility index (Phi) is 4.30. The Labute approximate surface area is 157 Å². The summed E-state index contributed by atoms with van der Waals surface area (Å²) in [4.78, 5) is 39.0. The summed E-state index contributed by atoms with van der Waals surface area (Å²) in [5.74, 6) is -0.400. The van der Waals surface area contributed by atoms with E-state index in [1.54, 1.807) is 17.0 Å². The van der Waals surface area contributed by atoms with Crippen LogP contribution in [0.4, 0.5) is 5.69 Å². The quantitative estimate of drug-likeness (QED) is 0.786. The molecule has 0 radical (unpaired) electrons. The highest BCUT2D eigenvalue weighted by atomic mass is 16.5. The fourth-order valence-corrected chi connectivity index (χ4v) is 4.42. The number of ketones is 1. The maximum Gasteiger partial charge on any atom is 0.302 e. The van der Waals surface area contributed by atoms with Crippen molar-refractivity contribution in [3.05, 3.63) is 65.7 Å². The van der Waals surface area contributed by atoms with Gasteiger partial charge in [0, 0.05) is 36.4 Å². The molecule has 0 aromatic heterocycles. The molecule has 1 heterocycles. The van der Waals surface area contributed by atoms with E-state index in [1.807, 2.05) is 42.5 Å². The molecule has 0 spiro atoms. The van der Waals surface area contributed by atoms with E-state index in [0.29, 0.717) is 18.4 Å². The molecule has 0 bridgehead atoms. The van der Waals surface area contributed by atoms with Gasteiger partial charge in [-0.1, -0.05) is 36.4 Å². The Balaban J connectivity index is 1.82. The number of carbonyl (C=O) groups excluding carboxylic acids is 3. The van der Waals surface area contributed by atoms with E-state index in [-0.39, 0.29) is 36.7 Å². The topological polar surface area (TPSA) is 63.7 Å². The Hall–Kier alpha value is -2.95. The summed E-state index contributed by atoms with van der Waals surface area (Å²) in [5, 5.41) is 0. The van der Waals surface area contributed by atoms with Crippen molar-refractivity contribution in [2.75, 3.05) is 11.5 Å². The minimum atomic E-state index is -0.568. The molecule has 2 aromatic carbocycles. The molecule has 0 N–H and O–H groups in total. The Morgan fingerprint density at radius 3 is 2.52 bits per heavy atom. The van der Waals surface area contributed by atoms with Crippen LogP contribution in [0.15, 0.2) is 54.6 Å². The van der Waals surface area contributed by atoms with E-state index in [9.17, 15) is 14.4 Å². The molecule has 1 fully saturated rings. The molecule has 2 aliphatic rings. The van der Waals surface area contributed by atoms with Gasteiger partial charge < -0.3 is 9.64 Å². The number of Topliss-reactive ketones (excluding diaryl/α,β-unsaturated/α-hetero) is 1. The smallest absolute Gasteiger partial charge is 0.302 e. The van der Waals surface area contributed by atoms with Crippen LogP contribution in [0.1, 0.15) is 35.7 Å². The highest BCUT2D eigenvalue weighted by molar-refractivity contribution is 6.08. The number of esters is 1. The zero-order valence-electron chi connectivity index (χ0n) is 15.2. The van der Waals surface area contributed by atoms with E-state index < -0.39 is 5.41 Å². The molecule has 5 nitrogen and oxygen atoms in total. The first-order valence-electron chi connectivity index (χ1n) is 9.12. The standard InChI is InChI=1S/C22H21NO4/c1-15(24)27-14-22-12-17-9-5-6-10-19(17)23(20(22)11-18(25)13-22)21(26)16-7-3-2-4-8-16/h2-10,20H,11-14H2,1H3/t20-,22+/m1/s1. The SMILES string of the molecule is CC(=O)OC[C@]12CC(=O)C[C@H]1N(C(=O)c1ccccc1)c1ccccc1C2. The summed E-state index contributed by atoms with van der Waals surface area (Å²) in [6.07, 6.45) is 1.22. The zero-order chi connectivity index (χ0) is 19.0. The van der Waals surface area contributed by atoms with Crippen molar-refractivity contribution < 1.29 is 19.1 Å². The van der Waals surface area contributed by atoms with E-state index in [2.05, 4.69) is 0 Å². The second kappa shape index (κ2) is 6.65. The summed E-state index contributed by atoms with van der Waals surface area (Å²) >= 11 is 0. The molecule has 0 saturated heterocycles. The number of carbonyl (C=O) groups is 3. The van der Waals surface area contributed by atoms with Crippen molar-refractivity contribution in [2.45, 2.75) is 32.2 Å². The van der Waals surface area contributed by atoms with Gasteiger partial charge in [0.25, 0.3) is 5.91 Å². The van der Waals surface area contributed by atoms with Gasteiger partial charge in [-0.25, -0.2) is 0 Å². The van der Waals surface area contributed by atoms with Gasteiger partial charge in [0.2, 0.25) is 0 Å². The molecule has 2 atom stereocenters. The maximum atomic E-state index is 13.4. The minimum absolute atomic E-state index is 0.103. The number of para-hydroxylation sites is 1. The van der Waals surface area contributed by atoms with Crippen LogP contribution in [0.2, 0.25) is 0 Å². The van der Waals surface area contributed by atoms with Crippen molar-refractivity contribution in [1.29, 1.82) is 0 Å². The second-order valence-corrected chi connectivity index (χ2v) is 7.42. The van der Waals surface area contributed by atoms with Crippen LogP contribution in [0.3, 0.4) is 0 Å². The first kappa shape index (κ1) is 17.5. The molecule has 1 amide bonds. The van der Waals surface area contributed by atoms with Gasteiger partial charge in [-0.15, -0.1) is 0 Å². The van der Waals surface area contributed by atoms with Gasteiger partial charge in [-0.3, -0.25) is 14.4 Å². The predicted molar refractivity (Wildman–Crippen MR) is 100 cm³/mol. The molecule has 5 heteroatoms. The number of nitrogens with zero attached hydrogens (tertiary/aromatic N) is 1. The van der Waals surface area contributed by atoms with Gasteiger partial charge in [-0.2, -0.15) is 0 Å². The first-order chi connectivity index (χ1) is 13.0. The van der Waals surface area contributed by atoms with Crippen molar-refractivity contribution in [3.8, 4) is 0 Å². The van der Waals surface area contributed by atoms with Gasteiger partial charge >= 0.3 is 5.97 Å². The van der Waals surface area contributed by atoms with Gasteiger partial charge in [-0.05, 0) is 30.2 Å². The second-order valence-electron chi connectivity index (χ2n) is 7.42. The minimum Gasteiger partial charge on any atom is -0.465 e. The molecular weight excluding hydrogens is 342 g/mol. The lowest BCUT2D eigenvalue weighted by atomic mass is 9.73. The number of benzene rings is 2. The number of anilines is 1. The maximum absolute atomic E-state index is 13.4. The van der Waals surface area contributed by atoms with E-state index in [4.69, 9.17) is 4.74 Å². The van der Waals surface area contributed by atoms with Crippen LogP contribution < -0.4 is 4.90 Å². The zero-order valence-corrected chi connectivity index (χ0v) is 15.2. The molecule has 138 valence electrons. The van der Waals surface area contributed by atoms with E-state index >= 15 is 0 Å². The average Bonchev–Trinajstić information content (AvgIpc) is 3.00. The molecule has 0 unspecified atom stereocenters. The number of fused-ring (bicyclic) bond motifs is 2. The van der Waals surface area contributed by atoms with Crippen LogP contribution in [-0.2, 0) is 20.7 Å².